The van der Waals surface area contributed by atoms with E-state index in [4.69, 9.17) is 4.74 Å². The summed E-state index contributed by atoms with van der Waals surface area (Å²) < 4.78 is 18.8. The van der Waals surface area contributed by atoms with Gasteiger partial charge in [-0.2, -0.15) is 0 Å². The second-order valence-corrected chi connectivity index (χ2v) is 5.95. The average molecular weight is 359 g/mol. The molecule has 0 aliphatic carbocycles. The van der Waals surface area contributed by atoms with Gasteiger partial charge in [0.1, 0.15) is 11.6 Å². The Morgan fingerprint density at radius 3 is 2.73 bits per heavy atom. The lowest BCUT2D eigenvalue weighted by Gasteiger charge is -2.16. The molecule has 0 fully saturated rings. The molecule has 2 rings (SSSR count). The minimum atomic E-state index is -0.703. The van der Waals surface area contributed by atoms with Crippen molar-refractivity contribution in [2.24, 2.45) is 4.99 Å². The van der Waals surface area contributed by atoms with E-state index in [0.29, 0.717) is 36.9 Å². The van der Waals surface area contributed by atoms with Crippen molar-refractivity contribution in [3.8, 4) is 5.75 Å². The molecular weight excluding hydrogens is 333 g/mol. The van der Waals surface area contributed by atoms with Crippen molar-refractivity contribution in [3.63, 3.8) is 0 Å². The number of guanidine groups is 1. The van der Waals surface area contributed by atoms with Crippen molar-refractivity contribution < 1.29 is 14.2 Å². The molecule has 0 bridgehead atoms. The van der Waals surface area contributed by atoms with Crippen LogP contribution in [0.25, 0.3) is 0 Å². The van der Waals surface area contributed by atoms with Gasteiger partial charge in [0.2, 0.25) is 0 Å². The Hall–Kier alpha value is -2.60. The molecule has 0 saturated heterocycles. The fourth-order valence-corrected chi connectivity index (χ4v) is 2.41. The highest BCUT2D eigenvalue weighted by Gasteiger charge is 2.09. The number of benzene rings is 2. The van der Waals surface area contributed by atoms with Crippen LogP contribution in [0.1, 0.15) is 29.7 Å². The molecule has 3 N–H and O–H groups in total. The van der Waals surface area contributed by atoms with Crippen LogP contribution in [0.2, 0.25) is 0 Å². The smallest absolute Gasteiger partial charge is 0.191 e. The maximum atomic E-state index is 13.6. The number of nitrogens with one attached hydrogen (secondary N) is 2. The quantitative estimate of drug-likeness (QED) is 0.525. The lowest BCUT2D eigenvalue weighted by Crippen LogP contribution is -2.39. The van der Waals surface area contributed by atoms with Crippen LogP contribution >= 0.6 is 0 Å². The topological polar surface area (TPSA) is 65.9 Å². The number of aryl methyl sites for hydroxylation is 1. The van der Waals surface area contributed by atoms with Crippen LogP contribution in [0.4, 0.5) is 4.39 Å². The molecule has 0 saturated carbocycles. The van der Waals surface area contributed by atoms with Gasteiger partial charge in [0, 0.05) is 13.1 Å². The highest BCUT2D eigenvalue weighted by molar-refractivity contribution is 5.79. The van der Waals surface area contributed by atoms with Crippen LogP contribution in [-0.2, 0) is 6.54 Å². The SMILES string of the molecule is CCNC(=NCc1ccc(C)c(F)c1)NCC(O)c1cccc(OC)c1. The van der Waals surface area contributed by atoms with Crippen LogP contribution in [0.15, 0.2) is 47.5 Å². The Bertz CT molecular complexity index is 750. The number of aliphatic hydroxyl groups is 1. The first kappa shape index (κ1) is 19.7. The molecular formula is C20H26FN3O2. The lowest BCUT2D eigenvalue weighted by atomic mass is 10.1. The van der Waals surface area contributed by atoms with Crippen LogP contribution < -0.4 is 15.4 Å². The number of halogens is 1. The zero-order valence-corrected chi connectivity index (χ0v) is 15.4. The maximum Gasteiger partial charge on any atom is 0.191 e. The third kappa shape index (κ3) is 5.74. The highest BCUT2D eigenvalue weighted by atomic mass is 19.1. The third-order valence-electron chi connectivity index (χ3n) is 3.94. The summed E-state index contributed by atoms with van der Waals surface area (Å²) in [6.07, 6.45) is -0.703. The van der Waals surface area contributed by atoms with Gasteiger partial charge < -0.3 is 20.5 Å². The Labute approximate surface area is 153 Å². The summed E-state index contributed by atoms with van der Waals surface area (Å²) in [7, 11) is 1.59. The normalized spacial score (nSPS) is 12.6. The van der Waals surface area contributed by atoms with Gasteiger partial charge in [-0.25, -0.2) is 9.38 Å². The van der Waals surface area contributed by atoms with Crippen molar-refractivity contribution in [3.05, 3.63) is 65.0 Å². The predicted molar refractivity (Wildman–Crippen MR) is 102 cm³/mol. The van der Waals surface area contributed by atoms with Crippen molar-refractivity contribution in [1.29, 1.82) is 0 Å². The van der Waals surface area contributed by atoms with E-state index in [1.165, 1.54) is 6.07 Å². The number of methoxy groups -OCH3 is 1. The lowest BCUT2D eigenvalue weighted by molar-refractivity contribution is 0.180. The minimum absolute atomic E-state index is 0.232. The Balaban J connectivity index is 1.98. The molecule has 0 aliphatic rings. The first-order valence-corrected chi connectivity index (χ1v) is 8.62. The van der Waals surface area contributed by atoms with E-state index >= 15 is 0 Å². The molecule has 0 spiro atoms. The van der Waals surface area contributed by atoms with Crippen molar-refractivity contribution >= 4 is 5.96 Å². The number of ether oxygens (including phenoxy) is 1. The van der Waals surface area contributed by atoms with Gasteiger partial charge in [0.15, 0.2) is 5.96 Å². The first-order chi connectivity index (χ1) is 12.5. The number of aliphatic imine (C=N–C) groups is 1. The second kappa shape index (κ2) is 9.77. The van der Waals surface area contributed by atoms with E-state index < -0.39 is 6.10 Å². The Kier molecular flexibility index (Phi) is 7.41. The summed E-state index contributed by atoms with van der Waals surface area (Å²) in [5, 5.41) is 16.6. The number of nitrogens with zero attached hydrogens (tertiary/aromatic N) is 1. The van der Waals surface area contributed by atoms with E-state index in [1.54, 1.807) is 26.2 Å². The molecule has 0 amide bonds. The van der Waals surface area contributed by atoms with Gasteiger partial charge >= 0.3 is 0 Å². The van der Waals surface area contributed by atoms with Crippen LogP contribution in [0.5, 0.6) is 5.75 Å². The van der Waals surface area contributed by atoms with Crippen molar-refractivity contribution in [2.75, 3.05) is 20.2 Å². The van der Waals surface area contributed by atoms with Crippen LogP contribution in [0.3, 0.4) is 0 Å². The van der Waals surface area contributed by atoms with Gasteiger partial charge in [0.05, 0.1) is 19.8 Å². The number of rotatable bonds is 7. The van der Waals surface area contributed by atoms with E-state index in [9.17, 15) is 9.50 Å². The molecule has 1 unspecified atom stereocenters. The van der Waals surface area contributed by atoms with E-state index in [2.05, 4.69) is 15.6 Å². The number of hydrogen-bond acceptors (Lipinski definition) is 3. The molecule has 1 atom stereocenters. The van der Waals surface area contributed by atoms with Gasteiger partial charge in [-0.3, -0.25) is 0 Å². The highest BCUT2D eigenvalue weighted by Crippen LogP contribution is 2.18. The van der Waals surface area contributed by atoms with Crippen LogP contribution in [0, 0.1) is 12.7 Å². The third-order valence-corrected chi connectivity index (χ3v) is 3.94. The molecule has 0 radical (unpaired) electrons. The summed E-state index contributed by atoms with van der Waals surface area (Å²) in [5.74, 6) is 1.03. The van der Waals surface area contributed by atoms with Gasteiger partial charge in [0.25, 0.3) is 0 Å². The Morgan fingerprint density at radius 2 is 2.04 bits per heavy atom. The fourth-order valence-electron chi connectivity index (χ4n) is 2.41. The molecule has 0 heterocycles. The van der Waals surface area contributed by atoms with Gasteiger partial charge in [-0.05, 0) is 48.7 Å². The predicted octanol–water partition coefficient (Wildman–Crippen LogP) is 2.93. The monoisotopic (exact) mass is 359 g/mol. The average Bonchev–Trinajstić information content (AvgIpc) is 2.66. The van der Waals surface area contributed by atoms with E-state index in [1.807, 2.05) is 31.2 Å². The minimum Gasteiger partial charge on any atom is -0.497 e. The molecule has 26 heavy (non-hydrogen) atoms. The van der Waals surface area contributed by atoms with Crippen molar-refractivity contribution in [1.82, 2.24) is 10.6 Å². The largest absolute Gasteiger partial charge is 0.497 e. The van der Waals surface area contributed by atoms with Gasteiger partial charge in [-0.1, -0.05) is 24.3 Å². The fraction of sp³-hybridized carbons (Fsp3) is 0.350. The molecule has 6 heteroatoms. The zero-order valence-electron chi connectivity index (χ0n) is 15.4. The van der Waals surface area contributed by atoms with Gasteiger partial charge in [-0.15, -0.1) is 0 Å². The zero-order chi connectivity index (χ0) is 18.9. The van der Waals surface area contributed by atoms with E-state index in [-0.39, 0.29) is 5.82 Å². The van der Waals surface area contributed by atoms with Crippen molar-refractivity contribution in [2.45, 2.75) is 26.5 Å². The number of hydrogen-bond donors (Lipinski definition) is 3. The molecule has 2 aromatic rings. The van der Waals surface area contributed by atoms with Crippen LogP contribution in [-0.4, -0.2) is 31.3 Å². The standard InChI is InChI=1S/C20H26FN3O2/c1-4-22-20(23-12-15-9-8-14(2)18(21)10-15)24-13-19(25)16-6-5-7-17(11-16)26-3/h5-11,19,25H,4,12-13H2,1-3H3,(H2,22,23,24). The second-order valence-electron chi connectivity index (χ2n) is 5.95. The first-order valence-electron chi connectivity index (χ1n) is 8.62. The maximum absolute atomic E-state index is 13.6. The molecule has 0 aliphatic heterocycles. The molecule has 5 nitrogen and oxygen atoms in total. The summed E-state index contributed by atoms with van der Waals surface area (Å²) in [6.45, 7) is 5.02. The molecule has 0 aromatic heterocycles. The summed E-state index contributed by atoms with van der Waals surface area (Å²) in [5.41, 5.74) is 2.16. The summed E-state index contributed by atoms with van der Waals surface area (Å²) in [4.78, 5) is 4.45. The molecule has 2 aromatic carbocycles. The molecule has 140 valence electrons. The summed E-state index contributed by atoms with van der Waals surface area (Å²) >= 11 is 0. The number of aliphatic hydroxyl groups excluding tert-OH is 1. The Morgan fingerprint density at radius 1 is 1.23 bits per heavy atom. The summed E-state index contributed by atoms with van der Waals surface area (Å²) in [6, 6.07) is 12.4. The van der Waals surface area contributed by atoms with E-state index in [0.717, 1.165) is 11.1 Å².